The van der Waals surface area contributed by atoms with Gasteiger partial charge in [0.1, 0.15) is 6.61 Å². The van der Waals surface area contributed by atoms with Crippen molar-refractivity contribution in [2.24, 2.45) is 0 Å². The molecule has 80 valence electrons. The number of ether oxygens (including phenoxy) is 1. The molecule has 0 unspecified atom stereocenters. The van der Waals surface area contributed by atoms with Crippen molar-refractivity contribution in [2.45, 2.75) is 6.61 Å². The molecule has 0 saturated heterocycles. The fraction of sp³-hybridized carbons (Fsp3) is 0.200. The number of carbonyl (C=O) groups excluding carboxylic acids is 2. The van der Waals surface area contributed by atoms with Crippen molar-refractivity contribution >= 4 is 29.7 Å². The summed E-state index contributed by atoms with van der Waals surface area (Å²) in [4.78, 5) is 20.6. The minimum Gasteiger partial charge on any atom is -0.455 e. The van der Waals surface area contributed by atoms with E-state index < -0.39 is 5.97 Å². The third-order valence-corrected chi connectivity index (χ3v) is 1.94. The number of hydrogen-bond acceptors (Lipinski definition) is 4. The van der Waals surface area contributed by atoms with Gasteiger partial charge in [-0.05, 0) is 17.7 Å². The maximum atomic E-state index is 10.6. The van der Waals surface area contributed by atoms with E-state index in [1.54, 1.807) is 25.2 Å². The largest absolute Gasteiger partial charge is 0.455 e. The van der Waals surface area contributed by atoms with Crippen LogP contribution in [0.3, 0.4) is 0 Å². The highest BCUT2D eigenvalue weighted by atomic mass is 35.5. The van der Waals surface area contributed by atoms with Crippen LogP contribution in [0.4, 0.5) is 5.69 Å². The van der Waals surface area contributed by atoms with Crippen molar-refractivity contribution in [3.05, 3.63) is 29.8 Å². The zero-order valence-corrected chi connectivity index (χ0v) is 8.90. The molecular formula is C10H10ClNO3. The van der Waals surface area contributed by atoms with Gasteiger partial charge in [0.05, 0.1) is 5.69 Å². The van der Waals surface area contributed by atoms with E-state index in [0.29, 0.717) is 0 Å². The van der Waals surface area contributed by atoms with E-state index in [0.717, 1.165) is 11.3 Å². The van der Waals surface area contributed by atoms with Crippen LogP contribution in [0.2, 0.25) is 0 Å². The molecule has 0 N–H and O–H groups in total. The molecule has 0 atom stereocenters. The summed E-state index contributed by atoms with van der Waals surface area (Å²) >= 11 is 5.73. The molecule has 1 aromatic rings. The fourth-order valence-corrected chi connectivity index (χ4v) is 1.13. The van der Waals surface area contributed by atoms with Crippen LogP contribution in [0.5, 0.6) is 0 Å². The van der Waals surface area contributed by atoms with Gasteiger partial charge >= 0.3 is 5.97 Å². The number of anilines is 1. The van der Waals surface area contributed by atoms with Gasteiger partial charge in [0.25, 0.3) is 0 Å². The number of benzene rings is 1. The molecule has 0 heterocycles. The van der Waals surface area contributed by atoms with Crippen LogP contribution in [0.1, 0.15) is 5.56 Å². The maximum Gasteiger partial charge on any atom is 0.371 e. The quantitative estimate of drug-likeness (QED) is 0.339. The summed E-state index contributed by atoms with van der Waals surface area (Å²) in [7, 11) is 1.69. The van der Waals surface area contributed by atoms with Gasteiger partial charge in [-0.2, -0.15) is 0 Å². The molecule has 5 heteroatoms. The molecule has 0 bridgehead atoms. The predicted molar refractivity (Wildman–Crippen MR) is 56.6 cm³/mol. The zero-order chi connectivity index (χ0) is 11.3. The molecule has 0 aliphatic carbocycles. The van der Waals surface area contributed by atoms with E-state index >= 15 is 0 Å². The summed E-state index contributed by atoms with van der Waals surface area (Å²) < 4.78 is 6.07. The molecule has 0 aromatic heterocycles. The van der Waals surface area contributed by atoms with Crippen LogP contribution in [-0.2, 0) is 20.9 Å². The molecule has 0 fully saturated rings. The first-order valence-electron chi connectivity index (χ1n) is 4.24. The number of nitrogens with zero attached hydrogens (tertiary/aromatic N) is 1. The average molecular weight is 228 g/mol. The standard InChI is InChI=1S/C10H10ClNO3/c1-12(11)9-4-2-3-8(5-9)7-15-10(14)6-13/h2-6H,7H2,1H3. The monoisotopic (exact) mass is 227 g/mol. The van der Waals surface area contributed by atoms with Crippen molar-refractivity contribution in [1.82, 2.24) is 0 Å². The number of aldehydes is 1. The van der Waals surface area contributed by atoms with E-state index in [9.17, 15) is 9.59 Å². The van der Waals surface area contributed by atoms with Crippen molar-refractivity contribution in [3.63, 3.8) is 0 Å². The second-order valence-corrected chi connectivity index (χ2v) is 3.38. The first kappa shape index (κ1) is 11.5. The Kier molecular flexibility index (Phi) is 4.12. The Labute approximate surface area is 92.5 Å². The van der Waals surface area contributed by atoms with E-state index in [-0.39, 0.29) is 12.9 Å². The first-order chi connectivity index (χ1) is 7.13. The molecule has 0 radical (unpaired) electrons. The van der Waals surface area contributed by atoms with Crippen molar-refractivity contribution in [2.75, 3.05) is 11.5 Å². The number of carbonyl (C=O) groups is 2. The number of rotatable bonds is 4. The number of halogens is 1. The first-order valence-corrected chi connectivity index (χ1v) is 4.57. The molecule has 0 amide bonds. The normalized spacial score (nSPS) is 9.47. The van der Waals surface area contributed by atoms with Crippen molar-refractivity contribution in [3.8, 4) is 0 Å². The van der Waals surface area contributed by atoms with E-state index in [1.807, 2.05) is 6.07 Å². The summed E-state index contributed by atoms with van der Waals surface area (Å²) in [6.07, 6.45) is 0.136. The molecule has 1 rings (SSSR count). The van der Waals surface area contributed by atoms with Gasteiger partial charge in [-0.3, -0.25) is 9.21 Å². The van der Waals surface area contributed by atoms with Crippen LogP contribution in [0.25, 0.3) is 0 Å². The fourth-order valence-electron chi connectivity index (χ4n) is 1.03. The summed E-state index contributed by atoms with van der Waals surface area (Å²) in [5.41, 5.74) is 1.56. The Morgan fingerprint density at radius 3 is 2.93 bits per heavy atom. The van der Waals surface area contributed by atoms with Crippen LogP contribution in [0.15, 0.2) is 24.3 Å². The van der Waals surface area contributed by atoms with Crippen molar-refractivity contribution < 1.29 is 14.3 Å². The zero-order valence-electron chi connectivity index (χ0n) is 8.14. The Bertz CT molecular complexity index is 365. The van der Waals surface area contributed by atoms with Crippen LogP contribution >= 0.6 is 11.8 Å². The van der Waals surface area contributed by atoms with Gasteiger partial charge in [0.15, 0.2) is 0 Å². The van der Waals surface area contributed by atoms with Crippen LogP contribution < -0.4 is 4.42 Å². The molecule has 0 saturated carbocycles. The van der Waals surface area contributed by atoms with Gasteiger partial charge < -0.3 is 4.74 Å². The Morgan fingerprint density at radius 1 is 1.60 bits per heavy atom. The van der Waals surface area contributed by atoms with Crippen LogP contribution in [0, 0.1) is 0 Å². The SMILES string of the molecule is CN(Cl)c1cccc(COC(=O)C=O)c1. The Balaban J connectivity index is 2.65. The molecule has 0 aliphatic heterocycles. The number of esters is 1. The predicted octanol–water partition coefficient (Wildman–Crippen LogP) is 1.52. The topological polar surface area (TPSA) is 46.6 Å². The second kappa shape index (κ2) is 5.36. The lowest BCUT2D eigenvalue weighted by Crippen LogP contribution is -2.06. The highest BCUT2D eigenvalue weighted by Gasteiger charge is 2.02. The maximum absolute atomic E-state index is 10.6. The van der Waals surface area contributed by atoms with E-state index in [4.69, 9.17) is 11.8 Å². The van der Waals surface area contributed by atoms with E-state index in [2.05, 4.69) is 4.74 Å². The lowest BCUT2D eigenvalue weighted by molar-refractivity contribution is -0.149. The second-order valence-electron chi connectivity index (χ2n) is 2.87. The lowest BCUT2D eigenvalue weighted by atomic mass is 10.2. The minimum atomic E-state index is -0.875. The molecular weight excluding hydrogens is 218 g/mol. The van der Waals surface area contributed by atoms with E-state index in [1.165, 1.54) is 4.42 Å². The summed E-state index contributed by atoms with van der Waals surface area (Å²) in [6.45, 7) is 0.0656. The van der Waals surface area contributed by atoms with Crippen LogP contribution in [-0.4, -0.2) is 19.3 Å². The Hall–Kier alpha value is -1.55. The molecule has 0 spiro atoms. The molecule has 0 aliphatic rings. The Morgan fingerprint density at radius 2 is 2.33 bits per heavy atom. The molecule has 4 nitrogen and oxygen atoms in total. The number of hydrogen-bond donors (Lipinski definition) is 0. The highest BCUT2D eigenvalue weighted by Crippen LogP contribution is 2.16. The lowest BCUT2D eigenvalue weighted by Gasteiger charge is -2.10. The third-order valence-electron chi connectivity index (χ3n) is 1.74. The smallest absolute Gasteiger partial charge is 0.371 e. The van der Waals surface area contributed by atoms with Crippen molar-refractivity contribution in [1.29, 1.82) is 0 Å². The highest BCUT2D eigenvalue weighted by molar-refractivity contribution is 6.25. The molecule has 15 heavy (non-hydrogen) atoms. The molecule has 1 aromatic carbocycles. The van der Waals surface area contributed by atoms with Gasteiger partial charge in [-0.15, -0.1) is 0 Å². The van der Waals surface area contributed by atoms with Gasteiger partial charge in [-0.25, -0.2) is 4.79 Å². The summed E-state index contributed by atoms with van der Waals surface area (Å²) in [5.74, 6) is -0.875. The average Bonchev–Trinajstić information content (AvgIpc) is 2.26. The van der Waals surface area contributed by atoms with Gasteiger partial charge in [0.2, 0.25) is 6.29 Å². The van der Waals surface area contributed by atoms with Gasteiger partial charge in [0, 0.05) is 18.8 Å². The summed E-state index contributed by atoms with van der Waals surface area (Å²) in [5, 5.41) is 0. The summed E-state index contributed by atoms with van der Waals surface area (Å²) in [6, 6.07) is 7.16. The minimum absolute atomic E-state index is 0.0656. The third kappa shape index (κ3) is 3.59. The van der Waals surface area contributed by atoms with Gasteiger partial charge in [-0.1, -0.05) is 12.1 Å².